The first-order valence-corrected chi connectivity index (χ1v) is 8.70. The Labute approximate surface area is 152 Å². The van der Waals surface area contributed by atoms with Crippen LogP contribution in [0.3, 0.4) is 0 Å². The molecule has 0 radical (unpaired) electrons. The largest absolute Gasteiger partial charge is 0.464 e. The smallest absolute Gasteiger partial charge is 0.357 e. The lowest BCUT2D eigenvalue weighted by Crippen LogP contribution is -2.36. The van der Waals surface area contributed by atoms with Gasteiger partial charge < -0.3 is 15.0 Å². The van der Waals surface area contributed by atoms with E-state index in [9.17, 15) is 19.7 Å². The summed E-state index contributed by atoms with van der Waals surface area (Å²) >= 11 is 1.29. The van der Waals surface area contributed by atoms with Crippen molar-refractivity contribution < 1.29 is 19.2 Å². The van der Waals surface area contributed by atoms with Crippen molar-refractivity contribution in [3.8, 4) is 0 Å². The Kier molecular flexibility index (Phi) is 5.12. The predicted molar refractivity (Wildman–Crippen MR) is 94.1 cm³/mol. The fourth-order valence-electron chi connectivity index (χ4n) is 2.34. The number of aromatic nitrogens is 1. The van der Waals surface area contributed by atoms with Crippen LogP contribution < -0.4 is 5.32 Å². The summed E-state index contributed by atoms with van der Waals surface area (Å²) in [6, 6.07) is 5.45. The van der Waals surface area contributed by atoms with Crippen LogP contribution in [0.4, 0.5) is 16.2 Å². The van der Waals surface area contributed by atoms with Gasteiger partial charge in [0.25, 0.3) is 5.69 Å². The third-order valence-electron chi connectivity index (χ3n) is 3.83. The third-order valence-corrected chi connectivity index (χ3v) is 4.66. The number of nitro groups is 1. The molecule has 26 heavy (non-hydrogen) atoms. The van der Waals surface area contributed by atoms with Crippen molar-refractivity contribution >= 4 is 34.7 Å². The predicted octanol–water partition coefficient (Wildman–Crippen LogP) is 3.03. The Morgan fingerprint density at radius 1 is 1.38 bits per heavy atom. The molecular weight excluding hydrogens is 360 g/mol. The van der Waals surface area contributed by atoms with Crippen LogP contribution in [0.15, 0.2) is 29.6 Å². The zero-order valence-corrected chi connectivity index (χ0v) is 14.7. The van der Waals surface area contributed by atoms with Gasteiger partial charge in [0.05, 0.1) is 18.6 Å². The second-order valence-electron chi connectivity index (χ2n) is 5.71. The fourth-order valence-corrected chi connectivity index (χ4v) is 3.10. The number of ether oxygens (including phenoxy) is 1. The summed E-state index contributed by atoms with van der Waals surface area (Å²) < 4.78 is 4.63. The van der Waals surface area contributed by atoms with Gasteiger partial charge in [0.2, 0.25) is 0 Å². The number of hydrogen-bond acceptors (Lipinski definition) is 7. The number of amides is 2. The number of nitrogens with one attached hydrogen (secondary N) is 1. The molecule has 1 aromatic carbocycles. The number of anilines is 1. The molecule has 2 aromatic rings. The van der Waals surface area contributed by atoms with Gasteiger partial charge in [-0.1, -0.05) is 0 Å². The Bertz CT molecular complexity index is 831. The molecule has 0 unspecified atom stereocenters. The van der Waals surface area contributed by atoms with Crippen molar-refractivity contribution in [3.05, 3.63) is 50.5 Å². The van der Waals surface area contributed by atoms with Crippen molar-refractivity contribution in [2.45, 2.75) is 25.4 Å². The van der Waals surface area contributed by atoms with Crippen molar-refractivity contribution in [1.29, 1.82) is 0 Å². The van der Waals surface area contributed by atoms with Gasteiger partial charge in [0, 0.05) is 29.2 Å². The van der Waals surface area contributed by atoms with Gasteiger partial charge >= 0.3 is 12.0 Å². The first kappa shape index (κ1) is 17.8. The highest BCUT2D eigenvalue weighted by atomic mass is 32.1. The Hall–Kier alpha value is -3.01. The summed E-state index contributed by atoms with van der Waals surface area (Å²) in [5, 5.41) is 15.7. The minimum absolute atomic E-state index is 0.0415. The Morgan fingerprint density at radius 3 is 2.65 bits per heavy atom. The highest BCUT2D eigenvalue weighted by molar-refractivity contribution is 7.09. The number of carbonyl (C=O) groups excluding carboxylic acids is 2. The molecule has 1 aromatic heterocycles. The molecular formula is C16H16N4O5S. The molecule has 1 heterocycles. The normalized spacial score (nSPS) is 13.1. The maximum atomic E-state index is 12.6. The van der Waals surface area contributed by atoms with E-state index in [1.807, 2.05) is 0 Å². The number of carbonyl (C=O) groups is 2. The summed E-state index contributed by atoms with van der Waals surface area (Å²) in [4.78, 5) is 40.1. The molecule has 1 saturated carbocycles. The maximum absolute atomic E-state index is 12.6. The molecule has 9 nitrogen and oxygen atoms in total. The summed E-state index contributed by atoms with van der Waals surface area (Å²) in [6.45, 7) is 0.283. The molecule has 10 heteroatoms. The first-order chi connectivity index (χ1) is 12.5. The van der Waals surface area contributed by atoms with E-state index in [1.165, 1.54) is 42.7 Å². The molecule has 0 saturated heterocycles. The lowest BCUT2D eigenvalue weighted by atomic mass is 10.3. The van der Waals surface area contributed by atoms with Crippen LogP contribution in [-0.2, 0) is 11.3 Å². The van der Waals surface area contributed by atoms with E-state index in [2.05, 4.69) is 15.0 Å². The van der Waals surface area contributed by atoms with Crippen molar-refractivity contribution in [2.24, 2.45) is 0 Å². The van der Waals surface area contributed by atoms with E-state index < -0.39 is 10.9 Å². The minimum Gasteiger partial charge on any atom is -0.464 e. The number of non-ortho nitro benzene ring substituents is 1. The topological polar surface area (TPSA) is 115 Å². The van der Waals surface area contributed by atoms with Gasteiger partial charge in [-0.3, -0.25) is 10.1 Å². The number of rotatable bonds is 6. The summed E-state index contributed by atoms with van der Waals surface area (Å²) in [7, 11) is 1.29. The van der Waals surface area contributed by atoms with Crippen molar-refractivity contribution in [3.63, 3.8) is 0 Å². The summed E-state index contributed by atoms with van der Waals surface area (Å²) in [5.41, 5.74) is 0.653. The van der Waals surface area contributed by atoms with E-state index in [1.54, 1.807) is 10.3 Å². The van der Waals surface area contributed by atoms with Gasteiger partial charge in [-0.15, -0.1) is 11.3 Å². The van der Waals surface area contributed by atoms with E-state index >= 15 is 0 Å². The van der Waals surface area contributed by atoms with Gasteiger partial charge in [0.1, 0.15) is 5.01 Å². The second-order valence-corrected chi connectivity index (χ2v) is 6.65. The van der Waals surface area contributed by atoms with Crippen molar-refractivity contribution in [1.82, 2.24) is 9.88 Å². The van der Waals surface area contributed by atoms with Crippen molar-refractivity contribution in [2.75, 3.05) is 12.4 Å². The number of esters is 1. The minimum atomic E-state index is -0.513. The van der Waals surface area contributed by atoms with Crippen LogP contribution in [0.25, 0.3) is 0 Å². The SMILES string of the molecule is COC(=O)c1csc(CN(C(=O)Nc2ccc([N+](=O)[O-])cc2)C2CC2)n1. The number of urea groups is 1. The second kappa shape index (κ2) is 7.48. The highest BCUT2D eigenvalue weighted by Gasteiger charge is 2.33. The van der Waals surface area contributed by atoms with E-state index in [0.717, 1.165) is 12.8 Å². The third kappa shape index (κ3) is 4.14. The molecule has 1 aliphatic carbocycles. The van der Waals surface area contributed by atoms with Crippen LogP contribution in [0.2, 0.25) is 0 Å². The number of hydrogen-bond donors (Lipinski definition) is 1. The van der Waals surface area contributed by atoms with Gasteiger partial charge in [-0.05, 0) is 25.0 Å². The molecule has 0 aliphatic heterocycles. The van der Waals surface area contributed by atoms with Crippen LogP contribution in [-0.4, -0.2) is 40.0 Å². The van der Waals surface area contributed by atoms with Crippen LogP contribution >= 0.6 is 11.3 Å². The molecule has 1 fully saturated rings. The highest BCUT2D eigenvalue weighted by Crippen LogP contribution is 2.30. The molecule has 1 N–H and O–H groups in total. The van der Waals surface area contributed by atoms with Gasteiger partial charge in [-0.2, -0.15) is 0 Å². The number of nitrogens with zero attached hydrogens (tertiary/aromatic N) is 3. The molecule has 0 spiro atoms. The lowest BCUT2D eigenvalue weighted by Gasteiger charge is -2.21. The Balaban J connectivity index is 1.67. The number of benzene rings is 1. The zero-order valence-electron chi connectivity index (χ0n) is 13.9. The Morgan fingerprint density at radius 2 is 2.08 bits per heavy atom. The zero-order chi connectivity index (χ0) is 18.7. The van der Waals surface area contributed by atoms with Crippen LogP contribution in [0.5, 0.6) is 0 Å². The first-order valence-electron chi connectivity index (χ1n) is 7.82. The number of thiazole rings is 1. The summed E-state index contributed by atoms with van der Waals surface area (Å²) in [6.07, 6.45) is 1.81. The molecule has 2 amide bonds. The van der Waals surface area contributed by atoms with Crippen LogP contribution in [0, 0.1) is 10.1 Å². The molecule has 136 valence electrons. The lowest BCUT2D eigenvalue weighted by molar-refractivity contribution is -0.384. The van der Waals surface area contributed by atoms with Crippen LogP contribution in [0.1, 0.15) is 28.3 Å². The maximum Gasteiger partial charge on any atom is 0.357 e. The van der Waals surface area contributed by atoms with Gasteiger partial charge in [-0.25, -0.2) is 14.6 Å². The van der Waals surface area contributed by atoms with E-state index in [-0.39, 0.29) is 30.0 Å². The average molecular weight is 376 g/mol. The molecule has 0 bridgehead atoms. The number of methoxy groups -OCH3 is 1. The molecule has 1 aliphatic rings. The number of nitro benzene ring substituents is 1. The monoisotopic (exact) mass is 376 g/mol. The quantitative estimate of drug-likeness (QED) is 0.471. The summed E-state index contributed by atoms with van der Waals surface area (Å²) in [5.74, 6) is -0.513. The molecule has 0 atom stereocenters. The van der Waals surface area contributed by atoms with Gasteiger partial charge in [0.15, 0.2) is 5.69 Å². The standard InChI is InChI=1S/C16H16N4O5S/c1-25-15(21)13-9-26-14(18-13)8-19(11-6-7-11)16(22)17-10-2-4-12(5-3-10)20(23)24/h2-5,9,11H,6-8H2,1H3,(H,17,22). The molecule has 3 rings (SSSR count). The average Bonchev–Trinajstić information content (AvgIpc) is 3.37. The fraction of sp³-hybridized carbons (Fsp3) is 0.312. The van der Waals surface area contributed by atoms with E-state index in [4.69, 9.17) is 0 Å². The van der Waals surface area contributed by atoms with E-state index in [0.29, 0.717) is 10.7 Å².